The van der Waals surface area contributed by atoms with Crippen molar-refractivity contribution < 1.29 is 4.74 Å². The zero-order chi connectivity index (χ0) is 12.1. The summed E-state index contributed by atoms with van der Waals surface area (Å²) in [6, 6.07) is 5.86. The van der Waals surface area contributed by atoms with Gasteiger partial charge in [0.15, 0.2) is 5.16 Å². The van der Waals surface area contributed by atoms with Crippen molar-refractivity contribution in [3.05, 3.63) is 18.2 Å². The van der Waals surface area contributed by atoms with Gasteiger partial charge >= 0.3 is 0 Å². The Bertz CT molecular complexity index is 542. The first-order valence-corrected chi connectivity index (χ1v) is 6.51. The first-order valence-electron chi connectivity index (χ1n) is 5.52. The maximum Gasteiger partial charge on any atom is 0.166 e. The molecule has 2 rings (SSSR count). The Morgan fingerprint density at radius 2 is 2.41 bits per heavy atom. The standard InChI is InChI=1S/C13H14N2OS/c1-3-5-8-17-13-14-11-7-6-10(16-4-2)9-12(11)15-13/h1,6-7,9H,4-5,8H2,2H3,(H,14,15). The topological polar surface area (TPSA) is 37.9 Å². The molecule has 0 aliphatic carbocycles. The van der Waals surface area contributed by atoms with Gasteiger partial charge in [-0.25, -0.2) is 4.98 Å². The summed E-state index contributed by atoms with van der Waals surface area (Å²) in [6.07, 6.45) is 5.97. The first-order chi connectivity index (χ1) is 8.33. The van der Waals surface area contributed by atoms with E-state index in [1.165, 1.54) is 0 Å². The van der Waals surface area contributed by atoms with E-state index in [1.807, 2.05) is 25.1 Å². The lowest BCUT2D eigenvalue weighted by Crippen LogP contribution is -1.90. The molecule has 17 heavy (non-hydrogen) atoms. The van der Waals surface area contributed by atoms with E-state index in [2.05, 4.69) is 15.9 Å². The molecule has 0 fully saturated rings. The predicted molar refractivity (Wildman–Crippen MR) is 71.4 cm³/mol. The zero-order valence-electron chi connectivity index (χ0n) is 9.69. The van der Waals surface area contributed by atoms with Gasteiger partial charge in [0.1, 0.15) is 5.75 Å². The van der Waals surface area contributed by atoms with E-state index in [0.29, 0.717) is 6.61 Å². The minimum Gasteiger partial charge on any atom is -0.494 e. The van der Waals surface area contributed by atoms with Crippen LogP contribution in [-0.4, -0.2) is 22.3 Å². The van der Waals surface area contributed by atoms with Crippen molar-refractivity contribution in [2.75, 3.05) is 12.4 Å². The molecule has 1 N–H and O–H groups in total. The molecule has 0 bridgehead atoms. The van der Waals surface area contributed by atoms with Crippen LogP contribution in [-0.2, 0) is 0 Å². The highest BCUT2D eigenvalue weighted by Crippen LogP contribution is 2.23. The number of aromatic nitrogens is 2. The molecular weight excluding hydrogens is 232 g/mol. The fourth-order valence-corrected chi connectivity index (χ4v) is 2.26. The second-order valence-electron chi connectivity index (χ2n) is 3.46. The summed E-state index contributed by atoms with van der Waals surface area (Å²) in [4.78, 5) is 7.73. The highest BCUT2D eigenvalue weighted by molar-refractivity contribution is 7.99. The number of nitrogens with one attached hydrogen (secondary N) is 1. The number of fused-ring (bicyclic) bond motifs is 1. The van der Waals surface area contributed by atoms with Gasteiger partial charge in [-0.15, -0.1) is 12.3 Å². The molecule has 0 spiro atoms. The number of rotatable bonds is 5. The van der Waals surface area contributed by atoms with Crippen LogP contribution in [0.3, 0.4) is 0 Å². The molecule has 1 aromatic carbocycles. The number of hydrogen-bond donors (Lipinski definition) is 1. The number of terminal acetylenes is 1. The quantitative estimate of drug-likeness (QED) is 0.500. The molecule has 0 saturated carbocycles. The normalized spacial score (nSPS) is 10.4. The molecule has 1 aromatic heterocycles. The third-order valence-electron chi connectivity index (χ3n) is 2.23. The van der Waals surface area contributed by atoms with Crippen LogP contribution in [0.2, 0.25) is 0 Å². The van der Waals surface area contributed by atoms with E-state index in [4.69, 9.17) is 11.2 Å². The first kappa shape index (κ1) is 11.9. The summed E-state index contributed by atoms with van der Waals surface area (Å²) in [5.41, 5.74) is 1.95. The molecule has 2 aromatic rings. The van der Waals surface area contributed by atoms with E-state index in [9.17, 15) is 0 Å². The lowest BCUT2D eigenvalue weighted by atomic mass is 10.3. The van der Waals surface area contributed by atoms with Gasteiger partial charge in [-0.1, -0.05) is 11.8 Å². The van der Waals surface area contributed by atoms with Crippen LogP contribution in [0.15, 0.2) is 23.4 Å². The second-order valence-corrected chi connectivity index (χ2v) is 4.54. The van der Waals surface area contributed by atoms with Gasteiger partial charge in [-0.05, 0) is 19.1 Å². The van der Waals surface area contributed by atoms with Gasteiger partial charge in [0, 0.05) is 18.2 Å². The van der Waals surface area contributed by atoms with E-state index < -0.39 is 0 Å². The fraction of sp³-hybridized carbons (Fsp3) is 0.308. The Morgan fingerprint density at radius 1 is 1.53 bits per heavy atom. The number of benzene rings is 1. The molecule has 0 amide bonds. The summed E-state index contributed by atoms with van der Waals surface area (Å²) in [7, 11) is 0. The van der Waals surface area contributed by atoms with Gasteiger partial charge in [-0.2, -0.15) is 0 Å². The van der Waals surface area contributed by atoms with Crippen LogP contribution < -0.4 is 4.74 Å². The molecule has 1 heterocycles. The molecule has 0 unspecified atom stereocenters. The van der Waals surface area contributed by atoms with Crippen molar-refractivity contribution in [2.45, 2.75) is 18.5 Å². The monoisotopic (exact) mass is 246 g/mol. The number of aromatic amines is 1. The SMILES string of the molecule is C#CCCSc1nc2ccc(OCC)cc2[nH]1. The van der Waals surface area contributed by atoms with Crippen molar-refractivity contribution in [3.63, 3.8) is 0 Å². The van der Waals surface area contributed by atoms with E-state index in [0.717, 1.165) is 34.1 Å². The number of thioether (sulfide) groups is 1. The second kappa shape index (κ2) is 5.65. The molecule has 4 heteroatoms. The van der Waals surface area contributed by atoms with Gasteiger partial charge in [-0.3, -0.25) is 0 Å². The maximum atomic E-state index is 5.44. The maximum absolute atomic E-state index is 5.44. The number of H-pyrrole nitrogens is 1. The van der Waals surface area contributed by atoms with Gasteiger partial charge in [0.2, 0.25) is 0 Å². The van der Waals surface area contributed by atoms with Crippen LogP contribution in [0, 0.1) is 12.3 Å². The minimum absolute atomic E-state index is 0.670. The molecule has 0 saturated heterocycles. The fourth-order valence-electron chi connectivity index (χ4n) is 1.50. The molecule has 3 nitrogen and oxygen atoms in total. The lowest BCUT2D eigenvalue weighted by molar-refractivity contribution is 0.340. The van der Waals surface area contributed by atoms with Crippen LogP contribution in [0.1, 0.15) is 13.3 Å². The van der Waals surface area contributed by atoms with Crippen LogP contribution in [0.25, 0.3) is 11.0 Å². The van der Waals surface area contributed by atoms with Crippen molar-refractivity contribution in [3.8, 4) is 18.1 Å². The zero-order valence-corrected chi connectivity index (χ0v) is 10.5. The number of nitrogens with zero attached hydrogens (tertiary/aromatic N) is 1. The third-order valence-corrected chi connectivity index (χ3v) is 3.10. The molecule has 0 aliphatic heterocycles. The van der Waals surface area contributed by atoms with Crippen LogP contribution >= 0.6 is 11.8 Å². The predicted octanol–water partition coefficient (Wildman–Crippen LogP) is 3.08. The van der Waals surface area contributed by atoms with Crippen LogP contribution in [0.5, 0.6) is 5.75 Å². The number of imidazole rings is 1. The molecule has 0 radical (unpaired) electrons. The minimum atomic E-state index is 0.670. The Balaban J connectivity index is 2.16. The summed E-state index contributed by atoms with van der Waals surface area (Å²) in [6.45, 7) is 2.64. The van der Waals surface area contributed by atoms with E-state index in [1.54, 1.807) is 11.8 Å². The van der Waals surface area contributed by atoms with E-state index >= 15 is 0 Å². The number of ether oxygens (including phenoxy) is 1. The average molecular weight is 246 g/mol. The number of hydrogen-bond acceptors (Lipinski definition) is 3. The van der Waals surface area contributed by atoms with Gasteiger partial charge < -0.3 is 9.72 Å². The molecular formula is C13H14N2OS. The lowest BCUT2D eigenvalue weighted by Gasteiger charge is -2.00. The summed E-state index contributed by atoms with van der Waals surface area (Å²) < 4.78 is 5.44. The van der Waals surface area contributed by atoms with Crippen molar-refractivity contribution in [1.29, 1.82) is 0 Å². The summed E-state index contributed by atoms with van der Waals surface area (Å²) in [5, 5.41) is 0.906. The van der Waals surface area contributed by atoms with Gasteiger partial charge in [0.25, 0.3) is 0 Å². The third kappa shape index (κ3) is 2.95. The Morgan fingerprint density at radius 3 is 3.18 bits per heavy atom. The summed E-state index contributed by atoms with van der Waals surface area (Å²) in [5.74, 6) is 4.36. The molecule has 88 valence electrons. The van der Waals surface area contributed by atoms with Gasteiger partial charge in [0.05, 0.1) is 17.6 Å². The highest BCUT2D eigenvalue weighted by atomic mass is 32.2. The van der Waals surface area contributed by atoms with E-state index in [-0.39, 0.29) is 0 Å². The van der Waals surface area contributed by atoms with Crippen molar-refractivity contribution >= 4 is 22.8 Å². The Labute approximate surface area is 105 Å². The Kier molecular flexibility index (Phi) is 3.94. The van der Waals surface area contributed by atoms with Crippen molar-refractivity contribution in [2.24, 2.45) is 0 Å². The van der Waals surface area contributed by atoms with Crippen molar-refractivity contribution in [1.82, 2.24) is 9.97 Å². The largest absolute Gasteiger partial charge is 0.494 e. The summed E-state index contributed by atoms with van der Waals surface area (Å²) >= 11 is 1.64. The smallest absolute Gasteiger partial charge is 0.166 e. The molecule has 0 aliphatic rings. The molecule has 0 atom stereocenters. The highest BCUT2D eigenvalue weighted by Gasteiger charge is 2.04. The van der Waals surface area contributed by atoms with Crippen LogP contribution in [0.4, 0.5) is 0 Å². The Hall–Kier alpha value is -1.60. The average Bonchev–Trinajstić information content (AvgIpc) is 2.72.